The molecule has 0 saturated carbocycles. The van der Waals surface area contributed by atoms with E-state index in [4.69, 9.17) is 10.2 Å². The minimum absolute atomic E-state index is 0.0579. The Bertz CT molecular complexity index is 215. The average Bonchev–Trinajstić information content (AvgIpc) is 1.88. The third kappa shape index (κ3) is 0.978. The van der Waals surface area contributed by atoms with E-state index in [9.17, 15) is 0 Å². The first-order chi connectivity index (χ1) is 4.75. The van der Waals surface area contributed by atoms with Crippen molar-refractivity contribution in [3.63, 3.8) is 0 Å². The van der Waals surface area contributed by atoms with Crippen LogP contribution in [0.4, 0.5) is 5.69 Å². The van der Waals surface area contributed by atoms with Gasteiger partial charge in [-0.1, -0.05) is 6.07 Å². The Morgan fingerprint density at radius 1 is 1.20 bits per heavy atom. The fourth-order valence-corrected chi connectivity index (χ4v) is 0.784. The molecule has 54 valence electrons. The first kappa shape index (κ1) is 6.74. The number of para-hydroxylation sites is 1. The summed E-state index contributed by atoms with van der Waals surface area (Å²) in [5.74, 6) is 0.116. The van der Waals surface area contributed by atoms with Gasteiger partial charge in [-0.3, -0.25) is 0 Å². The zero-order chi connectivity index (χ0) is 7.56. The third-order valence-electron chi connectivity index (χ3n) is 1.27. The minimum Gasteiger partial charge on any atom is -0.506 e. The van der Waals surface area contributed by atoms with E-state index >= 15 is 0 Å². The van der Waals surface area contributed by atoms with E-state index in [1.807, 2.05) is 0 Å². The molecule has 0 aliphatic rings. The zero-order valence-corrected chi connectivity index (χ0v) is 5.63. The highest BCUT2D eigenvalue weighted by Gasteiger charge is 2.01. The number of anilines is 1. The van der Waals surface area contributed by atoms with E-state index in [0.717, 1.165) is 0 Å². The molecule has 3 nitrogen and oxygen atoms in total. The Morgan fingerprint density at radius 3 is 2.00 bits per heavy atom. The van der Waals surface area contributed by atoms with E-state index in [1.54, 1.807) is 13.1 Å². The summed E-state index contributed by atoms with van der Waals surface area (Å²) in [5.41, 5.74) is 0.363. The highest BCUT2D eigenvalue weighted by atomic mass is 16.3. The maximum absolute atomic E-state index is 9.07. The van der Waals surface area contributed by atoms with Gasteiger partial charge in [-0.15, -0.1) is 0 Å². The SMILES string of the molecule is CNc1c(O)cccc1O. The molecule has 0 atom stereocenters. The summed E-state index contributed by atoms with van der Waals surface area (Å²) in [4.78, 5) is 0. The van der Waals surface area contributed by atoms with Crippen molar-refractivity contribution >= 4 is 5.69 Å². The molecule has 0 heterocycles. The predicted molar refractivity (Wildman–Crippen MR) is 39.3 cm³/mol. The highest BCUT2D eigenvalue weighted by Crippen LogP contribution is 2.31. The maximum atomic E-state index is 9.07. The van der Waals surface area contributed by atoms with E-state index in [1.165, 1.54) is 12.1 Å². The van der Waals surface area contributed by atoms with Crippen molar-refractivity contribution < 1.29 is 10.2 Å². The van der Waals surface area contributed by atoms with Crippen LogP contribution in [0.15, 0.2) is 18.2 Å². The molecule has 0 unspecified atom stereocenters. The summed E-state index contributed by atoms with van der Waals surface area (Å²) in [6.45, 7) is 0. The molecule has 1 aromatic rings. The second-order valence-electron chi connectivity index (χ2n) is 1.92. The molecule has 0 fully saturated rings. The lowest BCUT2D eigenvalue weighted by molar-refractivity contribution is 0.454. The summed E-state index contributed by atoms with van der Waals surface area (Å²) in [5, 5.41) is 20.8. The molecule has 0 radical (unpaired) electrons. The number of nitrogens with one attached hydrogen (secondary N) is 1. The van der Waals surface area contributed by atoms with Crippen molar-refractivity contribution in [1.29, 1.82) is 0 Å². The van der Waals surface area contributed by atoms with Gasteiger partial charge in [0.1, 0.15) is 17.2 Å². The largest absolute Gasteiger partial charge is 0.506 e. The molecular formula is C7H9NO2. The summed E-state index contributed by atoms with van der Waals surface area (Å²) in [7, 11) is 1.63. The van der Waals surface area contributed by atoms with Crippen molar-refractivity contribution in [3.05, 3.63) is 18.2 Å². The monoisotopic (exact) mass is 139 g/mol. The maximum Gasteiger partial charge on any atom is 0.142 e. The highest BCUT2D eigenvalue weighted by molar-refractivity contribution is 5.64. The van der Waals surface area contributed by atoms with Crippen LogP contribution >= 0.6 is 0 Å². The molecule has 0 aliphatic heterocycles. The van der Waals surface area contributed by atoms with Gasteiger partial charge in [0.05, 0.1) is 0 Å². The lowest BCUT2D eigenvalue weighted by atomic mass is 10.3. The summed E-state index contributed by atoms with van der Waals surface area (Å²) >= 11 is 0. The van der Waals surface area contributed by atoms with Gasteiger partial charge in [0, 0.05) is 7.05 Å². The van der Waals surface area contributed by atoms with Crippen LogP contribution in [0.3, 0.4) is 0 Å². The van der Waals surface area contributed by atoms with Gasteiger partial charge in [0.25, 0.3) is 0 Å². The normalized spacial score (nSPS) is 9.30. The predicted octanol–water partition coefficient (Wildman–Crippen LogP) is 1.14. The molecule has 0 saturated heterocycles. The first-order valence-electron chi connectivity index (χ1n) is 2.94. The van der Waals surface area contributed by atoms with E-state index < -0.39 is 0 Å². The van der Waals surface area contributed by atoms with Gasteiger partial charge in [0.15, 0.2) is 0 Å². The number of rotatable bonds is 1. The summed E-state index contributed by atoms with van der Waals surface area (Å²) in [6.07, 6.45) is 0. The Balaban J connectivity index is 3.17. The average molecular weight is 139 g/mol. The zero-order valence-electron chi connectivity index (χ0n) is 5.63. The topological polar surface area (TPSA) is 52.5 Å². The van der Waals surface area contributed by atoms with Gasteiger partial charge >= 0.3 is 0 Å². The Morgan fingerprint density at radius 2 is 1.70 bits per heavy atom. The van der Waals surface area contributed by atoms with Crippen LogP contribution in [0.5, 0.6) is 11.5 Å². The molecule has 10 heavy (non-hydrogen) atoms. The van der Waals surface area contributed by atoms with Crippen molar-refractivity contribution in [1.82, 2.24) is 0 Å². The Kier molecular flexibility index (Phi) is 1.67. The second-order valence-corrected chi connectivity index (χ2v) is 1.92. The molecular weight excluding hydrogens is 130 g/mol. The fourth-order valence-electron chi connectivity index (χ4n) is 0.784. The molecule has 0 amide bonds. The molecule has 0 bridgehead atoms. The van der Waals surface area contributed by atoms with Gasteiger partial charge in [-0.05, 0) is 12.1 Å². The van der Waals surface area contributed by atoms with Gasteiger partial charge in [0.2, 0.25) is 0 Å². The van der Waals surface area contributed by atoms with Crippen LogP contribution in [0.25, 0.3) is 0 Å². The Hall–Kier alpha value is -1.38. The van der Waals surface area contributed by atoms with Gasteiger partial charge in [-0.2, -0.15) is 0 Å². The molecule has 1 aromatic carbocycles. The number of aromatic hydroxyl groups is 2. The number of hydrogen-bond donors (Lipinski definition) is 3. The van der Waals surface area contributed by atoms with Gasteiger partial charge in [-0.25, -0.2) is 0 Å². The third-order valence-corrected chi connectivity index (χ3v) is 1.27. The molecule has 0 spiro atoms. The summed E-state index contributed by atoms with van der Waals surface area (Å²) in [6, 6.07) is 4.59. The first-order valence-corrected chi connectivity index (χ1v) is 2.94. The molecule has 1 rings (SSSR count). The van der Waals surface area contributed by atoms with Crippen LogP contribution in [-0.2, 0) is 0 Å². The van der Waals surface area contributed by atoms with E-state index in [-0.39, 0.29) is 11.5 Å². The van der Waals surface area contributed by atoms with Crippen molar-refractivity contribution in [3.8, 4) is 11.5 Å². The number of hydrogen-bond acceptors (Lipinski definition) is 3. The van der Waals surface area contributed by atoms with Crippen molar-refractivity contribution in [2.45, 2.75) is 0 Å². The van der Waals surface area contributed by atoms with Crippen LogP contribution in [-0.4, -0.2) is 17.3 Å². The number of phenolic OH excluding ortho intramolecular Hbond substituents is 2. The molecule has 3 heteroatoms. The molecule has 0 aromatic heterocycles. The van der Waals surface area contributed by atoms with Crippen molar-refractivity contribution in [2.24, 2.45) is 0 Å². The fraction of sp³-hybridized carbons (Fsp3) is 0.143. The van der Waals surface area contributed by atoms with Crippen LogP contribution in [0, 0.1) is 0 Å². The quantitative estimate of drug-likeness (QED) is 0.511. The van der Waals surface area contributed by atoms with Gasteiger partial charge < -0.3 is 15.5 Å². The second kappa shape index (κ2) is 2.47. The lowest BCUT2D eigenvalue weighted by Gasteiger charge is -2.03. The minimum atomic E-state index is 0.0579. The van der Waals surface area contributed by atoms with E-state index in [0.29, 0.717) is 5.69 Å². The summed E-state index contributed by atoms with van der Waals surface area (Å²) < 4.78 is 0. The lowest BCUT2D eigenvalue weighted by Crippen LogP contribution is -1.87. The molecule has 0 aliphatic carbocycles. The number of benzene rings is 1. The van der Waals surface area contributed by atoms with Crippen LogP contribution in [0.1, 0.15) is 0 Å². The standard InChI is InChI=1S/C7H9NO2/c1-8-7-5(9)3-2-4-6(7)10/h2-4,8-10H,1H3. The molecule has 3 N–H and O–H groups in total. The van der Waals surface area contributed by atoms with Crippen molar-refractivity contribution in [2.75, 3.05) is 12.4 Å². The van der Waals surface area contributed by atoms with Crippen LogP contribution < -0.4 is 5.32 Å². The smallest absolute Gasteiger partial charge is 0.142 e. The van der Waals surface area contributed by atoms with Crippen LogP contribution in [0.2, 0.25) is 0 Å². The Labute approximate surface area is 58.9 Å². The van der Waals surface area contributed by atoms with E-state index in [2.05, 4.69) is 5.32 Å². The number of phenols is 2.